The van der Waals surface area contributed by atoms with Gasteiger partial charge in [-0.2, -0.15) is 0 Å². The number of amides is 2. The maximum absolute atomic E-state index is 12.9. The minimum atomic E-state index is -0.357. The number of carbonyl (C=O) groups is 2. The first-order valence-electron chi connectivity index (χ1n) is 7.42. The van der Waals surface area contributed by atoms with E-state index in [0.29, 0.717) is 6.54 Å². The summed E-state index contributed by atoms with van der Waals surface area (Å²) in [7, 11) is 0. The highest BCUT2D eigenvalue weighted by atomic mass is 19.1. The average molecular weight is 304 g/mol. The first kappa shape index (κ1) is 16.2. The molecule has 0 radical (unpaired) electrons. The zero-order valence-electron chi connectivity index (χ0n) is 12.9. The zero-order chi connectivity index (χ0) is 16.3. The molecule has 1 aromatic carbocycles. The fourth-order valence-corrected chi connectivity index (χ4v) is 2.71. The molecule has 0 unspecified atom stereocenters. The number of piperidine rings is 1. The van der Waals surface area contributed by atoms with Gasteiger partial charge in [-0.3, -0.25) is 9.59 Å². The Morgan fingerprint density at radius 2 is 1.91 bits per heavy atom. The fraction of sp³-hybridized carbons (Fsp3) is 0.412. The van der Waals surface area contributed by atoms with Crippen LogP contribution in [0.3, 0.4) is 0 Å². The van der Waals surface area contributed by atoms with Gasteiger partial charge in [-0.1, -0.05) is 12.1 Å². The molecule has 2 N–H and O–H groups in total. The number of nitrogens with two attached hydrogens (primary N) is 1. The topological polar surface area (TPSA) is 63.4 Å². The summed E-state index contributed by atoms with van der Waals surface area (Å²) >= 11 is 0. The van der Waals surface area contributed by atoms with Crippen LogP contribution >= 0.6 is 0 Å². The van der Waals surface area contributed by atoms with Crippen LogP contribution in [0, 0.1) is 11.7 Å². The molecule has 0 aliphatic carbocycles. The molecule has 1 heterocycles. The monoisotopic (exact) mass is 304 g/mol. The Balaban J connectivity index is 2.13. The summed E-state index contributed by atoms with van der Waals surface area (Å²) < 4.78 is 12.9. The molecule has 1 aliphatic rings. The second-order valence-corrected chi connectivity index (χ2v) is 5.85. The number of halogens is 1. The van der Waals surface area contributed by atoms with Crippen LogP contribution in [-0.2, 0) is 9.59 Å². The van der Waals surface area contributed by atoms with E-state index in [1.807, 2.05) is 13.8 Å². The summed E-state index contributed by atoms with van der Waals surface area (Å²) in [5.74, 6) is -1.08. The number of hydrogen-bond donors (Lipinski definition) is 1. The Kier molecular flexibility index (Phi) is 4.96. The third-order valence-corrected chi connectivity index (χ3v) is 4.21. The van der Waals surface area contributed by atoms with E-state index in [9.17, 15) is 14.0 Å². The number of carbonyl (C=O) groups excluding carboxylic acids is 2. The Morgan fingerprint density at radius 3 is 2.50 bits per heavy atom. The van der Waals surface area contributed by atoms with Crippen molar-refractivity contribution in [2.45, 2.75) is 32.7 Å². The maximum atomic E-state index is 12.9. The van der Waals surface area contributed by atoms with Gasteiger partial charge in [0.05, 0.1) is 5.92 Å². The number of primary amides is 1. The van der Waals surface area contributed by atoms with Crippen molar-refractivity contribution < 1.29 is 14.0 Å². The number of nitrogens with zero attached hydrogens (tertiary/aromatic N) is 1. The molecule has 1 saturated heterocycles. The van der Waals surface area contributed by atoms with Crippen LogP contribution < -0.4 is 5.73 Å². The van der Waals surface area contributed by atoms with Gasteiger partial charge in [0.1, 0.15) is 5.82 Å². The predicted octanol–water partition coefficient (Wildman–Crippen LogP) is 2.34. The van der Waals surface area contributed by atoms with Gasteiger partial charge in [0, 0.05) is 18.7 Å². The van der Waals surface area contributed by atoms with Gasteiger partial charge < -0.3 is 10.6 Å². The van der Waals surface area contributed by atoms with E-state index < -0.39 is 0 Å². The Bertz CT molecular complexity index is 595. The van der Waals surface area contributed by atoms with Crippen molar-refractivity contribution in [3.05, 3.63) is 41.7 Å². The van der Waals surface area contributed by atoms with Gasteiger partial charge in [-0.25, -0.2) is 4.39 Å². The zero-order valence-corrected chi connectivity index (χ0v) is 12.9. The third-order valence-electron chi connectivity index (χ3n) is 4.21. The second-order valence-electron chi connectivity index (χ2n) is 5.85. The van der Waals surface area contributed by atoms with Crippen molar-refractivity contribution in [3.63, 3.8) is 0 Å². The first-order chi connectivity index (χ1) is 10.4. The molecule has 4 nitrogen and oxygen atoms in total. The van der Waals surface area contributed by atoms with E-state index in [1.165, 1.54) is 18.2 Å². The summed E-state index contributed by atoms with van der Waals surface area (Å²) in [6.07, 6.45) is 3.02. The third kappa shape index (κ3) is 3.72. The van der Waals surface area contributed by atoms with E-state index in [-0.39, 0.29) is 29.6 Å². The fourth-order valence-electron chi connectivity index (χ4n) is 2.71. The molecular formula is C17H21FN2O2. The molecule has 2 amide bonds. The van der Waals surface area contributed by atoms with E-state index in [1.54, 1.807) is 17.0 Å². The van der Waals surface area contributed by atoms with Gasteiger partial charge in [0.2, 0.25) is 11.8 Å². The normalized spacial score (nSPS) is 22.5. The second kappa shape index (κ2) is 6.73. The molecule has 0 aromatic heterocycles. The van der Waals surface area contributed by atoms with Crippen molar-refractivity contribution >= 4 is 17.4 Å². The number of allylic oxidation sites excluding steroid dienone is 1. The molecule has 0 bridgehead atoms. The van der Waals surface area contributed by atoms with Gasteiger partial charge in [0.15, 0.2) is 0 Å². The Hall–Kier alpha value is -2.17. The largest absolute Gasteiger partial charge is 0.369 e. The van der Waals surface area contributed by atoms with Crippen molar-refractivity contribution in [1.29, 1.82) is 0 Å². The van der Waals surface area contributed by atoms with Crippen molar-refractivity contribution in [2.75, 3.05) is 6.54 Å². The number of rotatable bonds is 3. The van der Waals surface area contributed by atoms with E-state index in [2.05, 4.69) is 0 Å². The number of likely N-dealkylation sites (tertiary alicyclic amines) is 1. The Morgan fingerprint density at radius 1 is 1.27 bits per heavy atom. The number of benzene rings is 1. The SMILES string of the molecule is C/C(=C\C(=O)N1C[C@H](C(N)=O)CC[C@H]1C)c1ccc(F)cc1. The van der Waals surface area contributed by atoms with Crippen LogP contribution in [0.1, 0.15) is 32.3 Å². The summed E-state index contributed by atoms with van der Waals surface area (Å²) in [5, 5.41) is 0. The van der Waals surface area contributed by atoms with Crippen LogP contribution in [-0.4, -0.2) is 29.3 Å². The van der Waals surface area contributed by atoms with Gasteiger partial charge in [-0.15, -0.1) is 0 Å². The lowest BCUT2D eigenvalue weighted by atomic mass is 9.92. The lowest BCUT2D eigenvalue weighted by Crippen LogP contribution is -2.48. The molecule has 2 atom stereocenters. The lowest BCUT2D eigenvalue weighted by Gasteiger charge is -2.36. The highest BCUT2D eigenvalue weighted by molar-refractivity contribution is 5.95. The van der Waals surface area contributed by atoms with Gasteiger partial charge in [-0.05, 0) is 50.0 Å². The molecule has 0 saturated carbocycles. The summed E-state index contributed by atoms with van der Waals surface area (Å²) in [4.78, 5) is 25.5. The van der Waals surface area contributed by atoms with Gasteiger partial charge >= 0.3 is 0 Å². The maximum Gasteiger partial charge on any atom is 0.247 e. The highest BCUT2D eigenvalue weighted by Gasteiger charge is 2.30. The average Bonchev–Trinajstić information content (AvgIpc) is 2.47. The molecule has 118 valence electrons. The molecule has 1 fully saturated rings. The molecule has 5 heteroatoms. The minimum absolute atomic E-state index is 0.0837. The highest BCUT2D eigenvalue weighted by Crippen LogP contribution is 2.23. The lowest BCUT2D eigenvalue weighted by molar-refractivity contribution is -0.133. The minimum Gasteiger partial charge on any atom is -0.369 e. The van der Waals surface area contributed by atoms with Crippen molar-refractivity contribution in [2.24, 2.45) is 11.7 Å². The number of hydrogen-bond acceptors (Lipinski definition) is 2. The van der Waals surface area contributed by atoms with Crippen LogP contribution in [0.25, 0.3) is 5.57 Å². The summed E-state index contributed by atoms with van der Waals surface area (Å²) in [5.41, 5.74) is 6.91. The summed E-state index contributed by atoms with van der Waals surface area (Å²) in [6.45, 7) is 4.14. The molecule has 22 heavy (non-hydrogen) atoms. The molecular weight excluding hydrogens is 283 g/mol. The first-order valence-corrected chi connectivity index (χ1v) is 7.42. The van der Waals surface area contributed by atoms with Crippen LogP contribution in [0.4, 0.5) is 4.39 Å². The van der Waals surface area contributed by atoms with Crippen LogP contribution in [0.5, 0.6) is 0 Å². The van der Waals surface area contributed by atoms with Crippen LogP contribution in [0.2, 0.25) is 0 Å². The van der Waals surface area contributed by atoms with Gasteiger partial charge in [0.25, 0.3) is 0 Å². The molecule has 1 aromatic rings. The molecule has 2 rings (SSSR count). The van der Waals surface area contributed by atoms with E-state index in [0.717, 1.165) is 24.0 Å². The van der Waals surface area contributed by atoms with Crippen molar-refractivity contribution in [3.8, 4) is 0 Å². The smallest absolute Gasteiger partial charge is 0.247 e. The quantitative estimate of drug-likeness (QED) is 0.871. The standard InChI is InChI=1S/C17H21FN2O2/c1-11(13-5-7-15(18)8-6-13)9-16(21)20-10-14(17(19)22)4-3-12(20)2/h5-9,12,14H,3-4,10H2,1-2H3,(H2,19,22)/b11-9+/t12-,14-/m1/s1. The van der Waals surface area contributed by atoms with E-state index in [4.69, 9.17) is 5.73 Å². The van der Waals surface area contributed by atoms with E-state index >= 15 is 0 Å². The van der Waals surface area contributed by atoms with Crippen LogP contribution in [0.15, 0.2) is 30.3 Å². The predicted molar refractivity (Wildman–Crippen MR) is 83.1 cm³/mol. The molecule has 1 aliphatic heterocycles. The Labute approximate surface area is 129 Å². The summed E-state index contributed by atoms with van der Waals surface area (Å²) in [6, 6.07) is 6.09. The molecule has 0 spiro atoms. The van der Waals surface area contributed by atoms with Crippen molar-refractivity contribution in [1.82, 2.24) is 4.90 Å².